The second kappa shape index (κ2) is 9.48. The maximum Gasteiger partial charge on any atom is 0.264 e. The van der Waals surface area contributed by atoms with Gasteiger partial charge in [0, 0.05) is 12.0 Å². The zero-order valence-electron chi connectivity index (χ0n) is 22.5. The molecule has 11 heteroatoms. The highest BCUT2D eigenvalue weighted by Crippen LogP contribution is 2.57. The molecule has 3 saturated carbocycles. The van der Waals surface area contributed by atoms with Gasteiger partial charge in [-0.1, -0.05) is 6.92 Å². The van der Waals surface area contributed by atoms with E-state index in [1.54, 1.807) is 20.0 Å². The smallest absolute Gasteiger partial charge is 0.264 e. The first-order chi connectivity index (χ1) is 18.5. The number of nitrogens with two attached hydrogens (primary N) is 1. The van der Waals surface area contributed by atoms with Crippen LogP contribution in [0.4, 0.5) is 0 Å². The average Bonchev–Trinajstić information content (AvgIpc) is 3.43. The minimum absolute atomic E-state index is 0.0137. The summed E-state index contributed by atoms with van der Waals surface area (Å²) >= 11 is 1.30. The first-order valence-electron chi connectivity index (χ1n) is 13.7. The van der Waals surface area contributed by atoms with Crippen molar-refractivity contribution < 1.29 is 24.2 Å². The summed E-state index contributed by atoms with van der Waals surface area (Å²) in [5.41, 5.74) is 7.01. The lowest BCUT2D eigenvalue weighted by atomic mass is 9.53. The van der Waals surface area contributed by atoms with E-state index in [1.807, 2.05) is 23.6 Å². The number of hydrogen-bond acceptors (Lipinski definition) is 8. The van der Waals surface area contributed by atoms with Gasteiger partial charge in [-0.3, -0.25) is 9.59 Å². The Bertz CT molecular complexity index is 1420. The van der Waals surface area contributed by atoms with Crippen LogP contribution >= 0.6 is 11.3 Å². The van der Waals surface area contributed by atoms with E-state index < -0.39 is 11.5 Å². The number of nitrogens with one attached hydrogen (secondary N) is 1. The topological polar surface area (TPSA) is 141 Å². The van der Waals surface area contributed by atoms with Crippen molar-refractivity contribution in [2.45, 2.75) is 89.4 Å². The van der Waals surface area contributed by atoms with Gasteiger partial charge < -0.3 is 25.6 Å². The lowest BCUT2D eigenvalue weighted by Gasteiger charge is -2.57. The lowest BCUT2D eigenvalue weighted by Crippen LogP contribution is -2.58. The number of thiazole rings is 1. The number of carbonyl (C=O) groups is 2. The van der Waals surface area contributed by atoms with Crippen LogP contribution in [0.5, 0.6) is 11.6 Å². The van der Waals surface area contributed by atoms with Crippen molar-refractivity contribution in [2.75, 3.05) is 6.61 Å². The van der Waals surface area contributed by atoms with Gasteiger partial charge in [0.1, 0.15) is 18.5 Å². The van der Waals surface area contributed by atoms with Crippen LogP contribution in [0.1, 0.15) is 95.9 Å². The maximum atomic E-state index is 13.2. The minimum Gasteiger partial charge on any atom is -0.489 e. The van der Waals surface area contributed by atoms with Gasteiger partial charge in [0.25, 0.3) is 11.8 Å². The Balaban J connectivity index is 1.06. The molecule has 3 aliphatic carbocycles. The second-order valence-electron chi connectivity index (χ2n) is 12.0. The van der Waals surface area contributed by atoms with Gasteiger partial charge >= 0.3 is 0 Å². The third kappa shape index (κ3) is 5.09. The molecule has 3 aromatic heterocycles. The van der Waals surface area contributed by atoms with Gasteiger partial charge in [0.15, 0.2) is 4.88 Å². The minimum atomic E-state index is -0.941. The van der Waals surface area contributed by atoms with Crippen LogP contribution in [0.2, 0.25) is 0 Å². The van der Waals surface area contributed by atoms with Crippen LogP contribution in [0.3, 0.4) is 0 Å². The van der Waals surface area contributed by atoms with Crippen LogP contribution < -0.4 is 20.5 Å². The van der Waals surface area contributed by atoms with E-state index in [0.717, 1.165) is 61.2 Å². The summed E-state index contributed by atoms with van der Waals surface area (Å²) in [6, 6.07) is 3.86. The SMILES string of the molecule is CCc1nc(OC2CC3(CC(NC(=O)c4cnn5c(C6CC6)c(OCC(C)(C)O)ccc45)C3)C2)c(C(N)=O)s1. The summed E-state index contributed by atoms with van der Waals surface area (Å²) in [4.78, 5) is 29.8. The standard InChI is InChI=1S/C28H35N5O5S/c1-4-21-32-26(23(39-21)24(29)34)38-17-11-28(12-17)9-16(10-28)31-25(35)18-13-30-33-19(18)7-8-20(22(33)15-5-6-15)37-14-27(2,3)36/h7-8,13,15-17,36H,4-6,9-12,14H2,1-3H3,(H2,29,34)(H,31,35). The molecule has 4 N–H and O–H groups in total. The molecule has 0 radical (unpaired) electrons. The number of fused-ring (bicyclic) bond motifs is 1. The van der Waals surface area contributed by atoms with Crippen molar-refractivity contribution in [2.24, 2.45) is 11.1 Å². The van der Waals surface area contributed by atoms with Gasteiger partial charge in [0.2, 0.25) is 5.88 Å². The lowest BCUT2D eigenvalue weighted by molar-refractivity contribution is -0.0846. The van der Waals surface area contributed by atoms with Crippen molar-refractivity contribution in [3.05, 3.63) is 39.5 Å². The molecule has 0 aromatic carbocycles. The first kappa shape index (κ1) is 26.1. The molecule has 2 amide bonds. The Morgan fingerprint density at radius 1 is 1.26 bits per heavy atom. The summed E-state index contributed by atoms with van der Waals surface area (Å²) in [5, 5.41) is 18.7. The predicted octanol–water partition coefficient (Wildman–Crippen LogP) is 3.60. The van der Waals surface area contributed by atoms with E-state index in [1.165, 1.54) is 11.3 Å². The fourth-order valence-corrected chi connectivity index (χ4v) is 6.69. The van der Waals surface area contributed by atoms with Gasteiger partial charge in [-0.05, 0) is 76.3 Å². The molecular weight excluding hydrogens is 518 g/mol. The molecule has 0 unspecified atom stereocenters. The van der Waals surface area contributed by atoms with E-state index in [2.05, 4.69) is 15.4 Å². The molecular formula is C28H35N5O5S. The van der Waals surface area contributed by atoms with Crippen molar-refractivity contribution in [3.8, 4) is 11.6 Å². The molecule has 0 aliphatic heterocycles. The van der Waals surface area contributed by atoms with Gasteiger partial charge in [-0.25, -0.2) is 9.50 Å². The number of nitrogens with zero attached hydrogens (tertiary/aromatic N) is 3. The molecule has 3 aromatic rings. The summed E-state index contributed by atoms with van der Waals surface area (Å²) in [6.45, 7) is 5.59. The van der Waals surface area contributed by atoms with Gasteiger partial charge in [-0.15, -0.1) is 11.3 Å². The molecule has 0 saturated heterocycles. The molecule has 1 spiro atoms. The van der Waals surface area contributed by atoms with Gasteiger partial charge in [-0.2, -0.15) is 5.10 Å². The van der Waals surface area contributed by atoms with Crippen LogP contribution in [0.25, 0.3) is 5.52 Å². The maximum absolute atomic E-state index is 13.2. The number of amides is 2. The molecule has 0 bridgehead atoms. The zero-order valence-corrected chi connectivity index (χ0v) is 23.3. The monoisotopic (exact) mass is 553 g/mol. The van der Waals surface area contributed by atoms with E-state index in [0.29, 0.717) is 28.0 Å². The number of carbonyl (C=O) groups excluding carboxylic acids is 2. The largest absolute Gasteiger partial charge is 0.489 e. The number of ether oxygens (including phenoxy) is 2. The molecule has 3 heterocycles. The molecule has 3 aliphatic rings. The first-order valence-corrected chi connectivity index (χ1v) is 14.5. The number of hydrogen-bond donors (Lipinski definition) is 3. The van der Waals surface area contributed by atoms with Crippen molar-refractivity contribution in [1.29, 1.82) is 0 Å². The van der Waals surface area contributed by atoms with E-state index in [-0.39, 0.29) is 30.1 Å². The molecule has 10 nitrogen and oxygen atoms in total. The van der Waals surface area contributed by atoms with E-state index in [4.69, 9.17) is 15.2 Å². The highest BCUT2D eigenvalue weighted by atomic mass is 32.1. The van der Waals surface area contributed by atoms with Crippen molar-refractivity contribution in [3.63, 3.8) is 0 Å². The second-order valence-corrected chi connectivity index (χ2v) is 13.1. The number of aliphatic hydroxyl groups is 1. The summed E-state index contributed by atoms with van der Waals surface area (Å²) in [7, 11) is 0. The summed E-state index contributed by atoms with van der Waals surface area (Å²) < 4.78 is 13.8. The fourth-order valence-electron chi connectivity index (χ4n) is 5.90. The molecule has 3 fully saturated rings. The quantitative estimate of drug-likeness (QED) is 0.348. The Kier molecular flexibility index (Phi) is 6.33. The third-order valence-corrected chi connectivity index (χ3v) is 9.13. The Morgan fingerprint density at radius 3 is 2.64 bits per heavy atom. The summed E-state index contributed by atoms with van der Waals surface area (Å²) in [6.07, 6.45) is 8.06. The Hall–Kier alpha value is -3.18. The Morgan fingerprint density at radius 2 is 2.00 bits per heavy atom. The molecule has 208 valence electrons. The van der Waals surface area contributed by atoms with Crippen LogP contribution in [-0.4, -0.2) is 55.9 Å². The fraction of sp³-hybridized carbons (Fsp3) is 0.571. The van der Waals surface area contributed by atoms with E-state index in [9.17, 15) is 14.7 Å². The van der Waals surface area contributed by atoms with Crippen LogP contribution in [0.15, 0.2) is 18.3 Å². The van der Waals surface area contributed by atoms with Gasteiger partial charge in [0.05, 0.1) is 33.6 Å². The number of aryl methyl sites for hydroxylation is 1. The van der Waals surface area contributed by atoms with Crippen molar-refractivity contribution >= 4 is 28.7 Å². The zero-order chi connectivity index (χ0) is 27.5. The number of primary amides is 1. The number of aromatic nitrogens is 3. The third-order valence-electron chi connectivity index (χ3n) is 7.93. The Labute approximate surface area is 230 Å². The van der Waals surface area contributed by atoms with Crippen LogP contribution in [0, 0.1) is 5.41 Å². The molecule has 39 heavy (non-hydrogen) atoms. The van der Waals surface area contributed by atoms with E-state index >= 15 is 0 Å². The normalized spacial score (nSPS) is 24.3. The predicted molar refractivity (Wildman–Crippen MR) is 146 cm³/mol. The molecule has 6 rings (SSSR count). The average molecular weight is 554 g/mol. The molecule has 0 atom stereocenters. The number of rotatable bonds is 10. The van der Waals surface area contributed by atoms with Crippen molar-refractivity contribution in [1.82, 2.24) is 19.9 Å². The highest BCUT2D eigenvalue weighted by molar-refractivity contribution is 7.14. The summed E-state index contributed by atoms with van der Waals surface area (Å²) in [5.74, 6) is 0.789. The highest BCUT2D eigenvalue weighted by Gasteiger charge is 2.54. The van der Waals surface area contributed by atoms with Crippen LogP contribution in [-0.2, 0) is 6.42 Å². The number of pyridine rings is 1.